The van der Waals surface area contributed by atoms with Crippen molar-refractivity contribution in [2.75, 3.05) is 6.54 Å². The highest BCUT2D eigenvalue weighted by Gasteiger charge is 2.24. The lowest BCUT2D eigenvalue weighted by molar-refractivity contribution is 0.324. The van der Waals surface area contributed by atoms with Gasteiger partial charge in [-0.05, 0) is 31.4 Å². The molecule has 0 bridgehead atoms. The molecule has 2 unspecified atom stereocenters. The summed E-state index contributed by atoms with van der Waals surface area (Å²) in [5.74, 6) is 0.634. The molecule has 4 heteroatoms. The minimum Gasteiger partial charge on any atom is -0.310 e. The fourth-order valence-corrected chi connectivity index (χ4v) is 4.02. The summed E-state index contributed by atoms with van der Waals surface area (Å²) < 4.78 is 1.63. The van der Waals surface area contributed by atoms with E-state index in [1.165, 1.54) is 42.6 Å². The van der Waals surface area contributed by atoms with E-state index in [0.717, 1.165) is 21.6 Å². The lowest BCUT2D eigenvalue weighted by Crippen LogP contribution is -2.28. The standard InChI is InChI=1S/C15H25Cl2NS/c1-4-7-8-11(6-3)14(18-9-5-2)12-10-13(16)19-15(12)17/h10-11,14,18H,4-9H2,1-3H3. The van der Waals surface area contributed by atoms with Crippen LogP contribution in [0, 0.1) is 5.92 Å². The molecular formula is C15H25Cl2NS. The van der Waals surface area contributed by atoms with Crippen molar-refractivity contribution in [2.45, 2.75) is 58.9 Å². The number of halogens is 2. The predicted octanol–water partition coefficient (Wildman–Crippen LogP) is 6.31. The quantitative estimate of drug-likeness (QED) is 0.561. The van der Waals surface area contributed by atoms with Gasteiger partial charge >= 0.3 is 0 Å². The number of rotatable bonds is 9. The summed E-state index contributed by atoms with van der Waals surface area (Å²) in [6.07, 6.45) is 6.08. The average molecular weight is 322 g/mol. The van der Waals surface area contributed by atoms with E-state index >= 15 is 0 Å². The molecule has 0 fully saturated rings. The summed E-state index contributed by atoms with van der Waals surface area (Å²) in [6, 6.07) is 2.38. The molecule has 0 aromatic carbocycles. The molecule has 0 aliphatic rings. The third-order valence-corrected chi connectivity index (χ3v) is 5.07. The molecule has 0 spiro atoms. The van der Waals surface area contributed by atoms with Gasteiger partial charge in [0, 0.05) is 11.6 Å². The maximum Gasteiger partial charge on any atom is 0.0992 e. The van der Waals surface area contributed by atoms with Crippen molar-refractivity contribution in [1.29, 1.82) is 0 Å². The van der Waals surface area contributed by atoms with Gasteiger partial charge in [0.2, 0.25) is 0 Å². The zero-order valence-corrected chi connectivity index (χ0v) is 14.5. The van der Waals surface area contributed by atoms with Crippen molar-refractivity contribution in [3.8, 4) is 0 Å². The summed E-state index contributed by atoms with van der Waals surface area (Å²) in [5.41, 5.74) is 1.19. The van der Waals surface area contributed by atoms with E-state index in [-0.39, 0.29) is 0 Å². The fraction of sp³-hybridized carbons (Fsp3) is 0.733. The molecule has 1 heterocycles. The molecule has 1 N–H and O–H groups in total. The average Bonchev–Trinajstić information content (AvgIpc) is 2.72. The molecule has 0 aliphatic carbocycles. The normalized spacial score (nSPS) is 14.6. The van der Waals surface area contributed by atoms with Gasteiger partial charge in [-0.15, -0.1) is 11.3 Å². The Kier molecular flexibility index (Phi) is 8.40. The highest BCUT2D eigenvalue weighted by molar-refractivity contribution is 7.20. The smallest absolute Gasteiger partial charge is 0.0992 e. The summed E-state index contributed by atoms with van der Waals surface area (Å²) in [7, 11) is 0. The van der Waals surface area contributed by atoms with Gasteiger partial charge < -0.3 is 5.32 Å². The first-order valence-corrected chi connectivity index (χ1v) is 8.89. The molecule has 0 amide bonds. The molecule has 0 radical (unpaired) electrons. The number of thiophene rings is 1. The second-order valence-electron chi connectivity index (χ2n) is 5.02. The predicted molar refractivity (Wildman–Crippen MR) is 88.7 cm³/mol. The van der Waals surface area contributed by atoms with Crippen LogP contribution in [-0.4, -0.2) is 6.54 Å². The van der Waals surface area contributed by atoms with Gasteiger partial charge in [-0.25, -0.2) is 0 Å². The monoisotopic (exact) mass is 321 g/mol. The molecule has 19 heavy (non-hydrogen) atoms. The van der Waals surface area contributed by atoms with Crippen molar-refractivity contribution < 1.29 is 0 Å². The summed E-state index contributed by atoms with van der Waals surface area (Å²) in [6.45, 7) is 7.73. The van der Waals surface area contributed by atoms with Crippen LogP contribution in [0.2, 0.25) is 8.67 Å². The molecule has 2 atom stereocenters. The lowest BCUT2D eigenvalue weighted by atomic mass is 9.88. The van der Waals surface area contributed by atoms with Gasteiger partial charge in [0.1, 0.15) is 0 Å². The SMILES string of the molecule is CCCCC(CC)C(NCCC)c1cc(Cl)sc1Cl. The highest BCUT2D eigenvalue weighted by Crippen LogP contribution is 2.39. The maximum atomic E-state index is 6.35. The van der Waals surface area contributed by atoms with Gasteiger partial charge in [0.05, 0.1) is 8.67 Å². The summed E-state index contributed by atoms with van der Waals surface area (Å²) in [5, 5.41) is 3.66. The number of hydrogen-bond acceptors (Lipinski definition) is 2. The van der Waals surface area contributed by atoms with E-state index < -0.39 is 0 Å². The van der Waals surface area contributed by atoms with Gasteiger partial charge in [-0.3, -0.25) is 0 Å². The Balaban J connectivity index is 2.88. The van der Waals surface area contributed by atoms with Crippen LogP contribution in [0.25, 0.3) is 0 Å². The number of unbranched alkanes of at least 4 members (excludes halogenated alkanes) is 1. The van der Waals surface area contributed by atoms with E-state index in [9.17, 15) is 0 Å². The van der Waals surface area contributed by atoms with Crippen LogP contribution in [0.5, 0.6) is 0 Å². The summed E-state index contributed by atoms with van der Waals surface area (Å²) in [4.78, 5) is 0. The van der Waals surface area contributed by atoms with Crippen LogP contribution in [0.1, 0.15) is 64.5 Å². The van der Waals surface area contributed by atoms with Gasteiger partial charge in [-0.1, -0.05) is 63.2 Å². The molecule has 1 aromatic rings. The van der Waals surface area contributed by atoms with Gasteiger partial charge in [0.15, 0.2) is 0 Å². The molecular weight excluding hydrogens is 297 g/mol. The molecule has 0 saturated heterocycles. The van der Waals surface area contributed by atoms with Crippen molar-refractivity contribution >= 4 is 34.5 Å². The van der Waals surface area contributed by atoms with E-state index in [1.807, 2.05) is 6.07 Å². The lowest BCUT2D eigenvalue weighted by Gasteiger charge is -2.27. The van der Waals surface area contributed by atoms with Gasteiger partial charge in [0.25, 0.3) is 0 Å². The Morgan fingerprint density at radius 2 is 1.95 bits per heavy atom. The number of nitrogens with one attached hydrogen (secondary N) is 1. The zero-order chi connectivity index (χ0) is 14.3. The molecule has 0 aliphatic heterocycles. The third kappa shape index (κ3) is 5.26. The first kappa shape index (κ1) is 17.3. The molecule has 1 rings (SSSR count). The fourth-order valence-electron chi connectivity index (χ4n) is 2.47. The second-order valence-corrected chi connectivity index (χ2v) is 7.31. The van der Waals surface area contributed by atoms with Crippen LogP contribution >= 0.6 is 34.5 Å². The topological polar surface area (TPSA) is 12.0 Å². The first-order chi connectivity index (χ1) is 9.13. The Labute approximate surface area is 131 Å². The van der Waals surface area contributed by atoms with Crippen molar-refractivity contribution in [1.82, 2.24) is 5.32 Å². The Morgan fingerprint density at radius 1 is 1.21 bits per heavy atom. The zero-order valence-electron chi connectivity index (χ0n) is 12.1. The van der Waals surface area contributed by atoms with Crippen LogP contribution in [0.4, 0.5) is 0 Å². The second kappa shape index (κ2) is 9.23. The van der Waals surface area contributed by atoms with Crippen LogP contribution in [0.3, 0.4) is 0 Å². The Morgan fingerprint density at radius 3 is 2.42 bits per heavy atom. The first-order valence-electron chi connectivity index (χ1n) is 7.32. The van der Waals surface area contributed by atoms with E-state index in [4.69, 9.17) is 23.2 Å². The largest absolute Gasteiger partial charge is 0.310 e. The Bertz CT molecular complexity index is 365. The van der Waals surface area contributed by atoms with Crippen LogP contribution in [-0.2, 0) is 0 Å². The minimum atomic E-state index is 0.341. The maximum absolute atomic E-state index is 6.35. The van der Waals surface area contributed by atoms with E-state index in [0.29, 0.717) is 12.0 Å². The molecule has 0 saturated carbocycles. The molecule has 1 aromatic heterocycles. The van der Waals surface area contributed by atoms with Crippen molar-refractivity contribution in [3.05, 3.63) is 20.3 Å². The van der Waals surface area contributed by atoms with E-state index in [1.54, 1.807) is 0 Å². The van der Waals surface area contributed by atoms with Crippen LogP contribution in [0.15, 0.2) is 6.07 Å². The van der Waals surface area contributed by atoms with E-state index in [2.05, 4.69) is 26.1 Å². The summed E-state index contributed by atoms with van der Waals surface area (Å²) >= 11 is 13.9. The van der Waals surface area contributed by atoms with Crippen molar-refractivity contribution in [2.24, 2.45) is 5.92 Å². The molecule has 1 nitrogen and oxygen atoms in total. The van der Waals surface area contributed by atoms with Crippen LogP contribution < -0.4 is 5.32 Å². The third-order valence-electron chi connectivity index (χ3n) is 3.56. The number of hydrogen-bond donors (Lipinski definition) is 1. The molecule has 110 valence electrons. The highest BCUT2D eigenvalue weighted by atomic mass is 35.5. The van der Waals surface area contributed by atoms with Crippen molar-refractivity contribution in [3.63, 3.8) is 0 Å². The Hall–Kier alpha value is 0.240. The van der Waals surface area contributed by atoms with Gasteiger partial charge in [-0.2, -0.15) is 0 Å². The minimum absolute atomic E-state index is 0.341.